The van der Waals surface area contributed by atoms with Crippen LogP contribution < -0.4 is 5.32 Å². The average molecular weight is 281 g/mol. The summed E-state index contributed by atoms with van der Waals surface area (Å²) in [7, 11) is 0. The summed E-state index contributed by atoms with van der Waals surface area (Å²) in [6.45, 7) is 2.64. The molecule has 0 aromatic rings. The summed E-state index contributed by atoms with van der Waals surface area (Å²) in [5, 5.41) is 26.7. The van der Waals surface area contributed by atoms with E-state index < -0.39 is 28.8 Å². The van der Waals surface area contributed by atoms with Gasteiger partial charge in [-0.1, -0.05) is 6.92 Å². The van der Waals surface area contributed by atoms with Gasteiger partial charge < -0.3 is 15.5 Å². The van der Waals surface area contributed by atoms with Crippen molar-refractivity contribution < 1.29 is 34.7 Å². The molecule has 4 N–H and O–H groups in total. The number of aliphatic carboxylic acids is 2. The first-order chi connectivity index (χ1) is 8.29. The lowest BCUT2D eigenvalue weighted by Crippen LogP contribution is -2.55. The molecule has 0 saturated heterocycles. The molecule has 0 fully saturated rings. The fraction of sp³-hybridized carbons (Fsp3) is 0.667. The van der Waals surface area contributed by atoms with Crippen LogP contribution in [0.4, 0.5) is 0 Å². The molecular weight excluding hydrogens is 266 g/mol. The van der Waals surface area contributed by atoms with Gasteiger partial charge in [-0.15, -0.1) is 11.8 Å². The fourth-order valence-corrected chi connectivity index (χ4v) is 1.65. The molecule has 2 unspecified atom stereocenters. The van der Waals surface area contributed by atoms with Gasteiger partial charge in [-0.2, -0.15) is 0 Å². The van der Waals surface area contributed by atoms with Gasteiger partial charge in [-0.05, 0) is 19.1 Å². The number of thioether (sulfide) groups is 1. The number of hydrogen-bond donors (Lipinski definition) is 4. The van der Waals surface area contributed by atoms with E-state index >= 15 is 0 Å². The number of amides is 1. The van der Waals surface area contributed by atoms with E-state index in [1.54, 1.807) is 0 Å². The Labute approximate surface area is 107 Å². The van der Waals surface area contributed by atoms with Crippen molar-refractivity contribution in [2.75, 3.05) is 5.75 Å². The number of carboxylic acid groups (broad SMARTS) is 2. The number of nitrogens with one attached hydrogen (secondary N) is 1. The molecule has 0 heterocycles. The fourth-order valence-electron chi connectivity index (χ4n) is 0.845. The number of carbonyl (C=O) groups excluding carboxylic acids is 1. The largest absolute Gasteiger partial charge is 0.479 e. The maximum Gasteiger partial charge on any atom is 0.349 e. The zero-order chi connectivity index (χ0) is 14.3. The molecule has 0 aromatic carbocycles. The second-order valence-electron chi connectivity index (χ2n) is 3.49. The Kier molecular flexibility index (Phi) is 6.66. The van der Waals surface area contributed by atoms with Crippen molar-refractivity contribution in [2.24, 2.45) is 0 Å². The summed E-state index contributed by atoms with van der Waals surface area (Å²) < 4.78 is 0. The lowest BCUT2D eigenvalue weighted by molar-refractivity contribution is -0.302. The molecule has 0 bridgehead atoms. The van der Waals surface area contributed by atoms with Gasteiger partial charge in [0.2, 0.25) is 0 Å². The summed E-state index contributed by atoms with van der Waals surface area (Å²) >= 11 is 0.935. The molecule has 0 radical (unpaired) electrons. The van der Waals surface area contributed by atoms with Crippen molar-refractivity contribution in [1.82, 2.24) is 5.32 Å². The number of carbonyl (C=O) groups is 3. The molecule has 1 amide bonds. The zero-order valence-electron chi connectivity index (χ0n) is 9.87. The van der Waals surface area contributed by atoms with Crippen molar-refractivity contribution in [3.05, 3.63) is 0 Å². The van der Waals surface area contributed by atoms with Gasteiger partial charge in [-0.25, -0.2) is 14.5 Å². The summed E-state index contributed by atoms with van der Waals surface area (Å²) in [6, 6.07) is 0. The van der Waals surface area contributed by atoms with Crippen LogP contribution in [0, 0.1) is 0 Å². The first kappa shape index (κ1) is 16.7. The molecule has 0 rings (SSSR count). The van der Waals surface area contributed by atoms with Gasteiger partial charge in [0, 0.05) is 0 Å². The van der Waals surface area contributed by atoms with E-state index in [9.17, 15) is 14.4 Å². The van der Waals surface area contributed by atoms with Gasteiger partial charge in [0.15, 0.2) is 5.37 Å². The standard InChI is InChI=1S/C9H15NO7S/c1-3-4-18-5(6(11)12)10-7(13)9(2,17-16)8(14)15/h5,16H,3-4H2,1-2H3,(H,10,13)(H,11,12)(H,14,15). The lowest BCUT2D eigenvalue weighted by Gasteiger charge is -2.22. The van der Waals surface area contributed by atoms with Crippen LogP contribution in [0.25, 0.3) is 0 Å². The molecule has 2 atom stereocenters. The van der Waals surface area contributed by atoms with Crippen molar-refractivity contribution in [2.45, 2.75) is 31.2 Å². The van der Waals surface area contributed by atoms with Gasteiger partial charge >= 0.3 is 11.9 Å². The third kappa shape index (κ3) is 4.17. The van der Waals surface area contributed by atoms with Crippen molar-refractivity contribution in [3.8, 4) is 0 Å². The Morgan fingerprint density at radius 3 is 2.28 bits per heavy atom. The van der Waals surface area contributed by atoms with Crippen LogP contribution in [0.2, 0.25) is 0 Å². The van der Waals surface area contributed by atoms with Crippen molar-refractivity contribution in [1.29, 1.82) is 0 Å². The number of rotatable bonds is 8. The Bertz CT molecular complexity index is 335. The highest BCUT2D eigenvalue weighted by Gasteiger charge is 2.45. The second kappa shape index (κ2) is 7.19. The van der Waals surface area contributed by atoms with E-state index in [4.69, 9.17) is 15.5 Å². The smallest absolute Gasteiger partial charge is 0.349 e. The third-order valence-corrected chi connectivity index (χ3v) is 3.30. The number of carboxylic acids is 2. The van der Waals surface area contributed by atoms with Crippen LogP contribution in [0.15, 0.2) is 0 Å². The van der Waals surface area contributed by atoms with Gasteiger partial charge in [-0.3, -0.25) is 10.1 Å². The van der Waals surface area contributed by atoms with E-state index in [2.05, 4.69) is 4.89 Å². The first-order valence-electron chi connectivity index (χ1n) is 5.01. The molecule has 0 saturated carbocycles. The second-order valence-corrected chi connectivity index (χ2v) is 4.71. The van der Waals surface area contributed by atoms with Crippen LogP contribution in [0.5, 0.6) is 0 Å². The minimum absolute atomic E-state index is 0.473. The summed E-state index contributed by atoms with van der Waals surface area (Å²) in [5.41, 5.74) is -2.54. The van der Waals surface area contributed by atoms with Crippen LogP contribution in [-0.4, -0.2) is 50.0 Å². The summed E-state index contributed by atoms with van der Waals surface area (Å²) in [6.07, 6.45) is 0.691. The van der Waals surface area contributed by atoms with E-state index in [0.717, 1.165) is 18.7 Å². The Hall–Kier alpha value is -1.32. The predicted molar refractivity (Wildman–Crippen MR) is 62.1 cm³/mol. The maximum atomic E-state index is 11.6. The van der Waals surface area contributed by atoms with Gasteiger partial charge in [0.1, 0.15) is 0 Å². The Morgan fingerprint density at radius 1 is 1.39 bits per heavy atom. The first-order valence-corrected chi connectivity index (χ1v) is 6.05. The van der Waals surface area contributed by atoms with Crippen LogP contribution in [0.1, 0.15) is 20.3 Å². The minimum Gasteiger partial charge on any atom is -0.479 e. The number of hydrogen-bond acceptors (Lipinski definition) is 6. The normalized spacial score (nSPS) is 15.5. The molecule has 0 spiro atoms. The van der Waals surface area contributed by atoms with Crippen LogP contribution in [-0.2, 0) is 19.3 Å². The molecule has 104 valence electrons. The monoisotopic (exact) mass is 281 g/mol. The van der Waals surface area contributed by atoms with Crippen LogP contribution in [0.3, 0.4) is 0 Å². The molecule has 0 aliphatic rings. The summed E-state index contributed by atoms with van der Waals surface area (Å²) in [5.74, 6) is -3.81. The van der Waals surface area contributed by atoms with Gasteiger partial charge in [0.05, 0.1) is 0 Å². The highest BCUT2D eigenvalue weighted by molar-refractivity contribution is 8.00. The molecular formula is C9H15NO7S. The lowest BCUT2D eigenvalue weighted by atomic mass is 10.1. The predicted octanol–water partition coefficient (Wildman–Crippen LogP) is -0.0106. The van der Waals surface area contributed by atoms with Crippen LogP contribution >= 0.6 is 11.8 Å². The molecule has 9 heteroatoms. The van der Waals surface area contributed by atoms with E-state index in [1.165, 1.54) is 0 Å². The molecule has 8 nitrogen and oxygen atoms in total. The molecule has 0 aliphatic heterocycles. The van der Waals surface area contributed by atoms with Gasteiger partial charge in [0.25, 0.3) is 11.5 Å². The topological polar surface area (TPSA) is 133 Å². The minimum atomic E-state index is -2.54. The van der Waals surface area contributed by atoms with Crippen molar-refractivity contribution >= 4 is 29.6 Å². The third-order valence-electron chi connectivity index (χ3n) is 2.00. The van der Waals surface area contributed by atoms with Crippen molar-refractivity contribution in [3.63, 3.8) is 0 Å². The van der Waals surface area contributed by atoms with E-state index in [-0.39, 0.29) is 0 Å². The summed E-state index contributed by atoms with van der Waals surface area (Å²) in [4.78, 5) is 36.8. The maximum absolute atomic E-state index is 11.6. The SMILES string of the molecule is CCCSC(NC(=O)C(C)(OO)C(=O)O)C(=O)O. The highest BCUT2D eigenvalue weighted by atomic mass is 32.2. The van der Waals surface area contributed by atoms with E-state index in [0.29, 0.717) is 12.2 Å². The quantitative estimate of drug-likeness (QED) is 0.211. The average Bonchev–Trinajstić information content (AvgIpc) is 2.32. The highest BCUT2D eigenvalue weighted by Crippen LogP contribution is 2.14. The zero-order valence-corrected chi connectivity index (χ0v) is 10.7. The Balaban J connectivity index is 4.77. The van der Waals surface area contributed by atoms with E-state index in [1.807, 2.05) is 12.2 Å². The molecule has 0 aliphatic carbocycles. The molecule has 0 aromatic heterocycles. The molecule has 18 heavy (non-hydrogen) atoms. The Morgan fingerprint density at radius 2 is 1.94 bits per heavy atom.